The monoisotopic (exact) mass is 233 g/mol. The van der Waals surface area contributed by atoms with Gasteiger partial charge in [-0.05, 0) is 31.5 Å². The Kier molecular flexibility index (Phi) is 3.80. The molecule has 0 aliphatic rings. The second-order valence-corrected chi connectivity index (χ2v) is 3.86. The summed E-state index contributed by atoms with van der Waals surface area (Å²) in [4.78, 5) is 0.444. The molecule has 0 radical (unpaired) electrons. The van der Waals surface area contributed by atoms with Crippen molar-refractivity contribution in [1.29, 1.82) is 0 Å². The van der Waals surface area contributed by atoms with Gasteiger partial charge in [0.25, 0.3) is 0 Å². The minimum atomic E-state index is -4.34. The highest BCUT2D eigenvalue weighted by Gasteiger charge is 2.38. The zero-order valence-corrected chi connectivity index (χ0v) is 9.12. The van der Waals surface area contributed by atoms with Crippen molar-refractivity contribution >= 4 is 0 Å². The highest BCUT2D eigenvalue weighted by Crippen LogP contribution is 2.26. The van der Waals surface area contributed by atoms with E-state index >= 15 is 0 Å². The fraction of sp³-hybridized carbons (Fsp3) is 0.455. The molecule has 0 atom stereocenters. The van der Waals surface area contributed by atoms with Crippen molar-refractivity contribution in [2.24, 2.45) is 0 Å². The molecule has 0 spiro atoms. The van der Waals surface area contributed by atoms with Crippen molar-refractivity contribution in [3.8, 4) is 5.75 Å². The minimum absolute atomic E-state index is 0.0480. The zero-order valence-electron chi connectivity index (χ0n) is 9.12. The van der Waals surface area contributed by atoms with E-state index in [0.717, 1.165) is 0 Å². The summed E-state index contributed by atoms with van der Waals surface area (Å²) < 4.78 is 37.8. The molecule has 0 aliphatic carbocycles. The molecule has 0 heterocycles. The van der Waals surface area contributed by atoms with Gasteiger partial charge in [0.05, 0.1) is 0 Å². The highest BCUT2D eigenvalue weighted by molar-refractivity contribution is 5.25. The standard InChI is InChI=1S/C11H14F3NO/c1-8(2)15(11(12,13)14)7-9-3-5-10(16)6-4-9/h3-6,8,16H,7H2,1-2H3. The molecule has 0 amide bonds. The van der Waals surface area contributed by atoms with E-state index in [4.69, 9.17) is 5.11 Å². The lowest BCUT2D eigenvalue weighted by Crippen LogP contribution is -2.42. The molecule has 16 heavy (non-hydrogen) atoms. The van der Waals surface area contributed by atoms with Gasteiger partial charge in [0.2, 0.25) is 0 Å². The quantitative estimate of drug-likeness (QED) is 0.811. The van der Waals surface area contributed by atoms with Gasteiger partial charge in [-0.3, -0.25) is 0 Å². The molecule has 2 nitrogen and oxygen atoms in total. The Morgan fingerprint density at radius 2 is 1.69 bits per heavy atom. The summed E-state index contributed by atoms with van der Waals surface area (Å²) in [7, 11) is 0. The van der Waals surface area contributed by atoms with E-state index in [1.165, 1.54) is 38.1 Å². The highest BCUT2D eigenvalue weighted by atomic mass is 19.4. The van der Waals surface area contributed by atoms with E-state index < -0.39 is 12.3 Å². The molecule has 0 saturated carbocycles. The number of phenols is 1. The van der Waals surface area contributed by atoms with Crippen LogP contribution in [-0.4, -0.2) is 22.3 Å². The first kappa shape index (κ1) is 12.8. The van der Waals surface area contributed by atoms with Crippen molar-refractivity contribution in [1.82, 2.24) is 4.90 Å². The zero-order chi connectivity index (χ0) is 12.3. The Bertz CT molecular complexity index is 332. The predicted octanol–water partition coefficient (Wildman–Crippen LogP) is 3.12. The molecule has 1 aromatic rings. The predicted molar refractivity (Wildman–Crippen MR) is 54.8 cm³/mol. The third-order valence-corrected chi connectivity index (χ3v) is 2.24. The van der Waals surface area contributed by atoms with Crippen molar-refractivity contribution in [3.05, 3.63) is 29.8 Å². The van der Waals surface area contributed by atoms with Crippen molar-refractivity contribution in [2.75, 3.05) is 0 Å². The van der Waals surface area contributed by atoms with Crippen LogP contribution in [0, 0.1) is 0 Å². The van der Waals surface area contributed by atoms with Crippen LogP contribution < -0.4 is 0 Å². The summed E-state index contributed by atoms with van der Waals surface area (Å²) in [5.74, 6) is 0.0480. The fourth-order valence-corrected chi connectivity index (χ4v) is 1.36. The molecular weight excluding hydrogens is 219 g/mol. The molecule has 0 bridgehead atoms. The third-order valence-electron chi connectivity index (χ3n) is 2.24. The second-order valence-electron chi connectivity index (χ2n) is 3.86. The summed E-state index contributed by atoms with van der Waals surface area (Å²) in [6.07, 6.45) is -4.34. The summed E-state index contributed by atoms with van der Waals surface area (Å²) in [6.45, 7) is 2.78. The molecule has 0 unspecified atom stereocenters. The van der Waals surface area contributed by atoms with Gasteiger partial charge < -0.3 is 5.11 Å². The molecule has 1 N–H and O–H groups in total. The summed E-state index contributed by atoms with van der Waals surface area (Å²) in [5, 5.41) is 9.02. The van der Waals surface area contributed by atoms with Crippen LogP contribution in [0.25, 0.3) is 0 Å². The van der Waals surface area contributed by atoms with Crippen LogP contribution in [-0.2, 0) is 6.54 Å². The lowest BCUT2D eigenvalue weighted by Gasteiger charge is -2.28. The van der Waals surface area contributed by atoms with Gasteiger partial charge >= 0.3 is 6.30 Å². The number of hydrogen-bond acceptors (Lipinski definition) is 2. The van der Waals surface area contributed by atoms with Crippen LogP contribution in [0.1, 0.15) is 19.4 Å². The molecule has 5 heteroatoms. The fourth-order valence-electron chi connectivity index (χ4n) is 1.36. The Labute approximate surface area is 92.3 Å². The van der Waals surface area contributed by atoms with Gasteiger partial charge in [0, 0.05) is 12.6 Å². The van der Waals surface area contributed by atoms with E-state index in [9.17, 15) is 13.2 Å². The molecule has 0 saturated heterocycles. The summed E-state index contributed by atoms with van der Waals surface area (Å²) in [6, 6.07) is 5.11. The number of hydrogen-bond donors (Lipinski definition) is 1. The maximum absolute atomic E-state index is 12.6. The van der Waals surface area contributed by atoms with Crippen LogP contribution in [0.5, 0.6) is 5.75 Å². The number of aromatic hydroxyl groups is 1. The van der Waals surface area contributed by atoms with Gasteiger partial charge in [-0.25, -0.2) is 4.90 Å². The normalized spacial score (nSPS) is 12.4. The Hall–Kier alpha value is -1.23. The summed E-state index contributed by atoms with van der Waals surface area (Å²) >= 11 is 0. The van der Waals surface area contributed by atoms with Crippen LogP contribution in [0.2, 0.25) is 0 Å². The second kappa shape index (κ2) is 4.74. The van der Waals surface area contributed by atoms with Crippen LogP contribution in [0.4, 0.5) is 13.2 Å². The van der Waals surface area contributed by atoms with E-state index in [1.54, 1.807) is 0 Å². The average Bonchev–Trinajstić information content (AvgIpc) is 2.14. The van der Waals surface area contributed by atoms with Gasteiger partial charge in [-0.15, -0.1) is 0 Å². The average molecular weight is 233 g/mol. The number of alkyl halides is 3. The molecule has 0 fully saturated rings. The number of nitrogens with zero attached hydrogens (tertiary/aromatic N) is 1. The van der Waals surface area contributed by atoms with Crippen molar-refractivity contribution < 1.29 is 18.3 Å². The SMILES string of the molecule is CC(C)N(Cc1ccc(O)cc1)C(F)(F)F. The molecule has 0 aromatic heterocycles. The Balaban J connectivity index is 2.80. The number of halogens is 3. The molecule has 1 rings (SSSR count). The van der Waals surface area contributed by atoms with Crippen LogP contribution in [0.15, 0.2) is 24.3 Å². The topological polar surface area (TPSA) is 23.5 Å². The number of phenolic OH excluding ortho intramolecular Hbond substituents is 1. The Morgan fingerprint density at radius 1 is 1.19 bits per heavy atom. The lowest BCUT2D eigenvalue weighted by atomic mass is 10.2. The van der Waals surface area contributed by atoms with E-state index in [2.05, 4.69) is 0 Å². The first-order valence-electron chi connectivity index (χ1n) is 4.92. The summed E-state index contributed by atoms with van der Waals surface area (Å²) in [5.41, 5.74) is 0.517. The smallest absolute Gasteiger partial charge is 0.460 e. The van der Waals surface area contributed by atoms with E-state index in [0.29, 0.717) is 10.5 Å². The maximum Gasteiger partial charge on any atom is 0.460 e. The maximum atomic E-state index is 12.6. The first-order valence-corrected chi connectivity index (χ1v) is 4.92. The van der Waals surface area contributed by atoms with E-state index in [-0.39, 0.29) is 12.3 Å². The van der Waals surface area contributed by atoms with Gasteiger partial charge in [-0.2, -0.15) is 13.2 Å². The Morgan fingerprint density at radius 3 is 2.06 bits per heavy atom. The van der Waals surface area contributed by atoms with Gasteiger partial charge in [0.1, 0.15) is 5.75 Å². The van der Waals surface area contributed by atoms with Gasteiger partial charge in [-0.1, -0.05) is 12.1 Å². The number of benzene rings is 1. The molecule has 90 valence electrons. The largest absolute Gasteiger partial charge is 0.508 e. The van der Waals surface area contributed by atoms with Crippen LogP contribution >= 0.6 is 0 Å². The minimum Gasteiger partial charge on any atom is -0.508 e. The van der Waals surface area contributed by atoms with Crippen LogP contribution in [0.3, 0.4) is 0 Å². The molecular formula is C11H14F3NO. The molecule has 0 aliphatic heterocycles. The number of rotatable bonds is 3. The van der Waals surface area contributed by atoms with E-state index in [1.807, 2.05) is 0 Å². The molecule has 1 aromatic carbocycles. The van der Waals surface area contributed by atoms with Crippen molar-refractivity contribution in [2.45, 2.75) is 32.7 Å². The third kappa shape index (κ3) is 3.41. The van der Waals surface area contributed by atoms with Crippen molar-refractivity contribution in [3.63, 3.8) is 0 Å². The first-order chi connectivity index (χ1) is 7.30. The van der Waals surface area contributed by atoms with Gasteiger partial charge in [0.15, 0.2) is 0 Å². The lowest BCUT2D eigenvalue weighted by molar-refractivity contribution is -0.259.